The number of hydrogen-bond acceptors (Lipinski definition) is 3. The fourth-order valence-electron chi connectivity index (χ4n) is 3.07. The Balaban J connectivity index is 1.61. The SMILES string of the molecule is CCN1CCC(Oc2ccc3c(c2)CNCC3)CC1. The number of piperidine rings is 1. The lowest BCUT2D eigenvalue weighted by Crippen LogP contribution is -2.38. The maximum atomic E-state index is 6.16. The molecule has 1 fully saturated rings. The Labute approximate surface area is 115 Å². The summed E-state index contributed by atoms with van der Waals surface area (Å²) in [4.78, 5) is 2.50. The highest BCUT2D eigenvalue weighted by Gasteiger charge is 2.19. The Bertz CT molecular complexity index is 425. The van der Waals surface area contributed by atoms with E-state index >= 15 is 0 Å². The number of likely N-dealkylation sites (tertiary alicyclic amines) is 1. The topological polar surface area (TPSA) is 24.5 Å². The van der Waals surface area contributed by atoms with Gasteiger partial charge in [0.2, 0.25) is 0 Å². The normalized spacial score (nSPS) is 21.1. The molecule has 0 aliphatic carbocycles. The van der Waals surface area contributed by atoms with Crippen molar-refractivity contribution in [3.63, 3.8) is 0 Å². The first kappa shape index (κ1) is 12.9. The Hall–Kier alpha value is -1.06. The third kappa shape index (κ3) is 3.10. The van der Waals surface area contributed by atoms with Gasteiger partial charge in [-0.2, -0.15) is 0 Å². The molecule has 1 N–H and O–H groups in total. The molecule has 0 saturated carbocycles. The van der Waals surface area contributed by atoms with Gasteiger partial charge in [-0.3, -0.25) is 0 Å². The summed E-state index contributed by atoms with van der Waals surface area (Å²) in [6.45, 7) is 7.83. The van der Waals surface area contributed by atoms with E-state index < -0.39 is 0 Å². The molecule has 0 spiro atoms. The zero-order chi connectivity index (χ0) is 13.1. The maximum Gasteiger partial charge on any atom is 0.120 e. The Morgan fingerprint density at radius 2 is 2.11 bits per heavy atom. The second-order valence-electron chi connectivity index (χ2n) is 5.61. The minimum absolute atomic E-state index is 0.400. The number of nitrogens with zero attached hydrogens (tertiary/aromatic N) is 1. The molecule has 1 saturated heterocycles. The molecule has 0 unspecified atom stereocenters. The molecule has 104 valence electrons. The number of rotatable bonds is 3. The third-order valence-corrected chi connectivity index (χ3v) is 4.35. The minimum atomic E-state index is 0.400. The van der Waals surface area contributed by atoms with Gasteiger partial charge in [0.05, 0.1) is 0 Å². The maximum absolute atomic E-state index is 6.16. The van der Waals surface area contributed by atoms with Crippen molar-refractivity contribution >= 4 is 0 Å². The van der Waals surface area contributed by atoms with Gasteiger partial charge in [0.25, 0.3) is 0 Å². The fourth-order valence-corrected chi connectivity index (χ4v) is 3.07. The predicted molar refractivity (Wildman–Crippen MR) is 77.6 cm³/mol. The molecule has 0 amide bonds. The van der Waals surface area contributed by atoms with Crippen LogP contribution in [0.25, 0.3) is 0 Å². The number of benzene rings is 1. The molecule has 19 heavy (non-hydrogen) atoms. The van der Waals surface area contributed by atoms with Gasteiger partial charge in [-0.1, -0.05) is 13.0 Å². The minimum Gasteiger partial charge on any atom is -0.490 e. The fraction of sp³-hybridized carbons (Fsp3) is 0.625. The van der Waals surface area contributed by atoms with E-state index in [1.165, 1.54) is 24.2 Å². The van der Waals surface area contributed by atoms with E-state index in [1.807, 2.05) is 0 Å². The van der Waals surface area contributed by atoms with Crippen LogP contribution in [-0.2, 0) is 13.0 Å². The lowest BCUT2D eigenvalue weighted by Gasteiger charge is -2.31. The van der Waals surface area contributed by atoms with Gasteiger partial charge in [-0.15, -0.1) is 0 Å². The summed E-state index contributed by atoms with van der Waals surface area (Å²) in [6, 6.07) is 6.62. The summed E-state index contributed by atoms with van der Waals surface area (Å²) in [6.07, 6.45) is 3.86. The lowest BCUT2D eigenvalue weighted by atomic mass is 10.0. The molecule has 2 heterocycles. The molecule has 1 aromatic rings. The third-order valence-electron chi connectivity index (χ3n) is 4.35. The van der Waals surface area contributed by atoms with Gasteiger partial charge >= 0.3 is 0 Å². The predicted octanol–water partition coefficient (Wildman–Crippen LogP) is 2.20. The van der Waals surface area contributed by atoms with Crippen molar-refractivity contribution in [3.8, 4) is 5.75 Å². The number of fused-ring (bicyclic) bond motifs is 1. The Morgan fingerprint density at radius 3 is 2.89 bits per heavy atom. The zero-order valence-corrected chi connectivity index (χ0v) is 11.8. The lowest BCUT2D eigenvalue weighted by molar-refractivity contribution is 0.104. The van der Waals surface area contributed by atoms with Crippen LogP contribution in [0.3, 0.4) is 0 Å². The van der Waals surface area contributed by atoms with Crippen molar-refractivity contribution in [1.82, 2.24) is 10.2 Å². The monoisotopic (exact) mass is 260 g/mol. The summed E-state index contributed by atoms with van der Waals surface area (Å²) in [7, 11) is 0. The highest BCUT2D eigenvalue weighted by molar-refractivity contribution is 5.37. The molecule has 2 aliphatic rings. The highest BCUT2D eigenvalue weighted by atomic mass is 16.5. The second-order valence-corrected chi connectivity index (χ2v) is 5.61. The largest absolute Gasteiger partial charge is 0.490 e. The van der Waals surface area contributed by atoms with Gasteiger partial charge in [0.15, 0.2) is 0 Å². The first-order valence-corrected chi connectivity index (χ1v) is 7.56. The molecular weight excluding hydrogens is 236 g/mol. The summed E-state index contributed by atoms with van der Waals surface area (Å²) in [5.74, 6) is 1.05. The number of ether oxygens (including phenoxy) is 1. The van der Waals surface area contributed by atoms with Gasteiger partial charge in [-0.25, -0.2) is 0 Å². The van der Waals surface area contributed by atoms with E-state index in [0.29, 0.717) is 6.10 Å². The van der Waals surface area contributed by atoms with Crippen LogP contribution in [0.1, 0.15) is 30.9 Å². The molecule has 0 atom stereocenters. The Morgan fingerprint density at radius 1 is 1.26 bits per heavy atom. The van der Waals surface area contributed by atoms with E-state index in [2.05, 4.69) is 35.3 Å². The smallest absolute Gasteiger partial charge is 0.120 e. The van der Waals surface area contributed by atoms with Crippen molar-refractivity contribution in [2.24, 2.45) is 0 Å². The molecule has 0 aromatic heterocycles. The van der Waals surface area contributed by atoms with E-state index in [0.717, 1.165) is 44.6 Å². The average molecular weight is 260 g/mol. The quantitative estimate of drug-likeness (QED) is 0.901. The van der Waals surface area contributed by atoms with Gasteiger partial charge in [0.1, 0.15) is 11.9 Å². The summed E-state index contributed by atoms with van der Waals surface area (Å²) < 4.78 is 6.16. The Kier molecular flexibility index (Phi) is 4.04. The molecule has 1 aromatic carbocycles. The van der Waals surface area contributed by atoms with E-state index in [9.17, 15) is 0 Å². The molecule has 3 heteroatoms. The second kappa shape index (κ2) is 5.93. The van der Waals surface area contributed by atoms with Crippen molar-refractivity contribution in [1.29, 1.82) is 0 Å². The van der Waals surface area contributed by atoms with Crippen molar-refractivity contribution < 1.29 is 4.74 Å². The molecular formula is C16H24N2O. The first-order chi connectivity index (χ1) is 9.35. The summed E-state index contributed by atoms with van der Waals surface area (Å²) >= 11 is 0. The summed E-state index contributed by atoms with van der Waals surface area (Å²) in [5.41, 5.74) is 2.89. The standard InChI is InChI=1S/C16H24N2O/c1-2-18-9-6-15(7-10-18)19-16-4-3-13-5-8-17-12-14(13)11-16/h3-4,11,15,17H,2,5-10,12H2,1H3. The number of nitrogens with one attached hydrogen (secondary N) is 1. The van der Waals surface area contributed by atoms with E-state index in [-0.39, 0.29) is 0 Å². The van der Waals surface area contributed by atoms with Crippen LogP contribution in [0.5, 0.6) is 5.75 Å². The average Bonchev–Trinajstić information content (AvgIpc) is 2.48. The molecule has 3 rings (SSSR count). The van der Waals surface area contributed by atoms with Gasteiger partial charge in [0, 0.05) is 19.6 Å². The van der Waals surface area contributed by atoms with Crippen molar-refractivity contribution in [2.45, 2.75) is 38.8 Å². The van der Waals surface area contributed by atoms with Gasteiger partial charge in [-0.05, 0) is 55.6 Å². The molecule has 0 bridgehead atoms. The van der Waals surface area contributed by atoms with E-state index in [4.69, 9.17) is 4.74 Å². The van der Waals surface area contributed by atoms with E-state index in [1.54, 1.807) is 0 Å². The highest BCUT2D eigenvalue weighted by Crippen LogP contribution is 2.23. The van der Waals surface area contributed by atoms with Crippen LogP contribution >= 0.6 is 0 Å². The van der Waals surface area contributed by atoms with Crippen molar-refractivity contribution in [3.05, 3.63) is 29.3 Å². The van der Waals surface area contributed by atoms with Crippen molar-refractivity contribution in [2.75, 3.05) is 26.2 Å². The van der Waals surface area contributed by atoms with Crippen LogP contribution in [0.15, 0.2) is 18.2 Å². The molecule has 3 nitrogen and oxygen atoms in total. The summed E-state index contributed by atoms with van der Waals surface area (Å²) in [5, 5.41) is 3.42. The zero-order valence-electron chi connectivity index (χ0n) is 11.8. The van der Waals surface area contributed by atoms with Crippen LogP contribution < -0.4 is 10.1 Å². The van der Waals surface area contributed by atoms with Crippen LogP contribution in [0.2, 0.25) is 0 Å². The van der Waals surface area contributed by atoms with Gasteiger partial charge < -0.3 is 15.0 Å². The van der Waals surface area contributed by atoms with Crippen LogP contribution in [-0.4, -0.2) is 37.2 Å². The number of hydrogen-bond donors (Lipinski definition) is 1. The van der Waals surface area contributed by atoms with Crippen LogP contribution in [0.4, 0.5) is 0 Å². The molecule has 2 aliphatic heterocycles. The first-order valence-electron chi connectivity index (χ1n) is 7.56. The van der Waals surface area contributed by atoms with Crippen LogP contribution in [0, 0.1) is 0 Å². The molecule has 0 radical (unpaired) electrons.